The van der Waals surface area contributed by atoms with Crippen LogP contribution in [-0.4, -0.2) is 24.4 Å². The Balaban J connectivity index is 3.51. The van der Waals surface area contributed by atoms with Crippen molar-refractivity contribution in [2.24, 2.45) is 0 Å². The summed E-state index contributed by atoms with van der Waals surface area (Å²) >= 11 is 5.29. The fraction of sp³-hybridized carbons (Fsp3) is 0.500. The Labute approximate surface area is 82.0 Å². The Morgan fingerprint density at radius 2 is 2.15 bits per heavy atom. The van der Waals surface area contributed by atoms with E-state index in [4.69, 9.17) is 18.0 Å². The Morgan fingerprint density at radius 3 is 2.69 bits per heavy atom. The number of carbonyl (C=O) groups excluding carboxylic acids is 2. The van der Waals surface area contributed by atoms with E-state index in [1.165, 1.54) is 0 Å². The Kier molecular flexibility index (Phi) is 6.75. The summed E-state index contributed by atoms with van der Waals surface area (Å²) in [5.41, 5.74) is 0. The molecule has 0 atom stereocenters. The van der Waals surface area contributed by atoms with Gasteiger partial charge in [0, 0.05) is 25.3 Å². The second-order valence-electron chi connectivity index (χ2n) is 2.20. The van der Waals surface area contributed by atoms with Gasteiger partial charge >= 0.3 is 6.03 Å². The number of halogens is 1. The molecule has 2 N–H and O–H groups in total. The third-order valence-electron chi connectivity index (χ3n) is 1.13. The average Bonchev–Trinajstić information content (AvgIpc) is 2.05. The van der Waals surface area contributed by atoms with Gasteiger partial charge in [-0.1, -0.05) is 0 Å². The number of rotatable bonds is 4. The van der Waals surface area contributed by atoms with Crippen LogP contribution in [0.3, 0.4) is 0 Å². The molecule has 0 bridgehead atoms. The van der Waals surface area contributed by atoms with E-state index in [-0.39, 0.29) is 12.3 Å². The van der Waals surface area contributed by atoms with Crippen LogP contribution in [0, 0.1) is 12.3 Å². The third kappa shape index (κ3) is 7.16. The first kappa shape index (κ1) is 11.8. The predicted octanol–water partition coefficient (Wildman–Crippen LogP) is 0.464. The molecular formula is C8H11ClN2O2. The monoisotopic (exact) mass is 202 g/mol. The number of urea groups is 1. The van der Waals surface area contributed by atoms with E-state index >= 15 is 0 Å². The number of hydrogen-bond acceptors (Lipinski definition) is 2. The van der Waals surface area contributed by atoms with Gasteiger partial charge in [0.05, 0.1) is 0 Å². The summed E-state index contributed by atoms with van der Waals surface area (Å²) in [6, 6.07) is -0.537. The molecule has 0 saturated carbocycles. The van der Waals surface area contributed by atoms with Crippen molar-refractivity contribution in [3.05, 3.63) is 0 Å². The van der Waals surface area contributed by atoms with Crippen LogP contribution in [0.2, 0.25) is 0 Å². The molecule has 0 unspecified atom stereocenters. The van der Waals surface area contributed by atoms with Gasteiger partial charge in [-0.15, -0.1) is 23.9 Å². The molecule has 0 aromatic carbocycles. The van der Waals surface area contributed by atoms with Gasteiger partial charge in [0.25, 0.3) is 0 Å². The smallest absolute Gasteiger partial charge is 0.321 e. The molecule has 0 aliphatic rings. The summed E-state index contributed by atoms with van der Waals surface area (Å²) in [5.74, 6) is 2.16. The summed E-state index contributed by atoms with van der Waals surface area (Å²) in [4.78, 5) is 21.6. The number of imide groups is 1. The highest BCUT2D eigenvalue weighted by Gasteiger charge is 2.04. The van der Waals surface area contributed by atoms with Crippen LogP contribution in [0.25, 0.3) is 0 Å². The van der Waals surface area contributed by atoms with Crippen LogP contribution in [-0.2, 0) is 4.79 Å². The molecule has 0 aromatic heterocycles. The van der Waals surface area contributed by atoms with Crippen LogP contribution < -0.4 is 10.6 Å². The maximum Gasteiger partial charge on any atom is 0.321 e. The van der Waals surface area contributed by atoms with E-state index in [2.05, 4.69) is 16.6 Å². The maximum absolute atomic E-state index is 10.8. The van der Waals surface area contributed by atoms with Gasteiger partial charge in [0.1, 0.15) is 0 Å². The SMILES string of the molecule is C#CCCNC(=O)NC(=O)CCCl. The van der Waals surface area contributed by atoms with Crippen molar-refractivity contribution in [2.45, 2.75) is 12.8 Å². The first-order chi connectivity index (χ1) is 6.20. The second kappa shape index (κ2) is 7.44. The highest BCUT2D eigenvalue weighted by Crippen LogP contribution is 1.83. The number of amides is 3. The number of nitrogens with one attached hydrogen (secondary N) is 2. The molecule has 3 amide bonds. The minimum atomic E-state index is -0.537. The summed E-state index contributed by atoms with van der Waals surface area (Å²) in [5, 5.41) is 4.51. The van der Waals surface area contributed by atoms with E-state index < -0.39 is 11.9 Å². The van der Waals surface area contributed by atoms with Gasteiger partial charge in [0.15, 0.2) is 0 Å². The predicted molar refractivity (Wildman–Crippen MR) is 50.3 cm³/mol. The van der Waals surface area contributed by atoms with Crippen molar-refractivity contribution in [3.8, 4) is 12.3 Å². The minimum absolute atomic E-state index is 0.129. The largest absolute Gasteiger partial charge is 0.337 e. The summed E-state index contributed by atoms with van der Waals surface area (Å²) in [7, 11) is 0. The quantitative estimate of drug-likeness (QED) is 0.396. The highest BCUT2D eigenvalue weighted by molar-refractivity contribution is 6.19. The lowest BCUT2D eigenvalue weighted by molar-refractivity contribution is -0.119. The van der Waals surface area contributed by atoms with Crippen molar-refractivity contribution in [1.29, 1.82) is 0 Å². The van der Waals surface area contributed by atoms with Gasteiger partial charge in [0.2, 0.25) is 5.91 Å². The van der Waals surface area contributed by atoms with Crippen molar-refractivity contribution < 1.29 is 9.59 Å². The molecule has 0 radical (unpaired) electrons. The van der Waals surface area contributed by atoms with E-state index in [0.29, 0.717) is 13.0 Å². The minimum Gasteiger partial charge on any atom is -0.337 e. The molecule has 13 heavy (non-hydrogen) atoms. The molecular weight excluding hydrogens is 192 g/mol. The Hall–Kier alpha value is -1.21. The van der Waals surface area contributed by atoms with Gasteiger partial charge in [-0.05, 0) is 0 Å². The topological polar surface area (TPSA) is 58.2 Å². The normalized spacial score (nSPS) is 8.62. The van der Waals surface area contributed by atoms with E-state index in [1.807, 2.05) is 0 Å². The summed E-state index contributed by atoms with van der Waals surface area (Å²) < 4.78 is 0. The Bertz CT molecular complexity index is 223. The molecule has 0 rings (SSSR count). The Morgan fingerprint density at radius 1 is 1.46 bits per heavy atom. The molecule has 0 fully saturated rings. The molecule has 0 saturated heterocycles. The van der Waals surface area contributed by atoms with E-state index in [9.17, 15) is 9.59 Å². The number of carbonyl (C=O) groups is 2. The standard InChI is InChI=1S/C8H11ClN2O2/c1-2-3-6-10-8(13)11-7(12)4-5-9/h1H,3-6H2,(H2,10,11,12,13). The zero-order valence-electron chi connectivity index (χ0n) is 7.10. The maximum atomic E-state index is 10.8. The number of alkyl halides is 1. The fourth-order valence-corrected chi connectivity index (χ4v) is 0.739. The van der Waals surface area contributed by atoms with Crippen LogP contribution in [0.4, 0.5) is 4.79 Å². The molecule has 0 aliphatic heterocycles. The lowest BCUT2D eigenvalue weighted by atomic mass is 10.4. The molecule has 0 heterocycles. The second-order valence-corrected chi connectivity index (χ2v) is 2.58. The summed E-state index contributed by atoms with van der Waals surface area (Å²) in [6.45, 7) is 0.358. The van der Waals surface area contributed by atoms with E-state index in [1.54, 1.807) is 0 Å². The van der Waals surface area contributed by atoms with Crippen LogP contribution in [0.15, 0.2) is 0 Å². The van der Waals surface area contributed by atoms with Crippen molar-refractivity contribution in [3.63, 3.8) is 0 Å². The van der Waals surface area contributed by atoms with Crippen LogP contribution >= 0.6 is 11.6 Å². The van der Waals surface area contributed by atoms with Crippen molar-refractivity contribution >= 4 is 23.5 Å². The van der Waals surface area contributed by atoms with Crippen molar-refractivity contribution in [1.82, 2.24) is 10.6 Å². The zero-order chi connectivity index (χ0) is 10.1. The van der Waals surface area contributed by atoms with Gasteiger partial charge in [-0.2, -0.15) is 0 Å². The van der Waals surface area contributed by atoms with Crippen LogP contribution in [0.1, 0.15) is 12.8 Å². The molecule has 4 nitrogen and oxygen atoms in total. The molecule has 5 heteroatoms. The lowest BCUT2D eigenvalue weighted by Crippen LogP contribution is -2.39. The van der Waals surface area contributed by atoms with Crippen LogP contribution in [0.5, 0.6) is 0 Å². The highest BCUT2D eigenvalue weighted by atomic mass is 35.5. The van der Waals surface area contributed by atoms with Gasteiger partial charge < -0.3 is 5.32 Å². The molecule has 0 aromatic rings. The average molecular weight is 203 g/mol. The fourth-order valence-electron chi connectivity index (χ4n) is 0.567. The van der Waals surface area contributed by atoms with Gasteiger partial charge in [-0.3, -0.25) is 10.1 Å². The van der Waals surface area contributed by atoms with E-state index in [0.717, 1.165) is 0 Å². The molecule has 0 spiro atoms. The lowest BCUT2D eigenvalue weighted by Gasteiger charge is -2.03. The molecule has 72 valence electrons. The third-order valence-corrected chi connectivity index (χ3v) is 1.32. The first-order valence-electron chi connectivity index (χ1n) is 3.77. The number of terminal acetylenes is 1. The first-order valence-corrected chi connectivity index (χ1v) is 4.31. The summed E-state index contributed by atoms with van der Waals surface area (Å²) in [6.07, 6.45) is 5.53. The zero-order valence-corrected chi connectivity index (χ0v) is 7.86. The van der Waals surface area contributed by atoms with Gasteiger partial charge in [-0.25, -0.2) is 4.79 Å². The number of hydrogen-bond donors (Lipinski definition) is 2. The van der Waals surface area contributed by atoms with Crippen molar-refractivity contribution in [2.75, 3.05) is 12.4 Å². The molecule has 0 aliphatic carbocycles.